The Balaban J connectivity index is 1.95. The van der Waals surface area contributed by atoms with Gasteiger partial charge in [0.15, 0.2) is 6.61 Å². The maximum atomic E-state index is 13.7. The predicted molar refractivity (Wildman–Crippen MR) is 150 cm³/mol. The number of ether oxygens (including phenoxy) is 1. The number of halogens is 2. The van der Waals surface area contributed by atoms with E-state index in [0.717, 1.165) is 29.5 Å². The molecule has 0 saturated carbocycles. The third-order valence-corrected chi connectivity index (χ3v) is 7.11. The fraction of sp³-hybridized carbons (Fsp3) is 0.333. The van der Waals surface area contributed by atoms with Crippen molar-refractivity contribution in [1.29, 1.82) is 0 Å². The van der Waals surface area contributed by atoms with Crippen LogP contribution < -0.4 is 10.1 Å². The van der Waals surface area contributed by atoms with Crippen LogP contribution in [0, 0.1) is 13.8 Å². The number of nitrogens with zero attached hydrogens (tertiary/aromatic N) is 1. The Hall–Kier alpha value is -3.02. The zero-order valence-electron chi connectivity index (χ0n) is 21.6. The molecule has 1 atom stereocenters. The van der Waals surface area contributed by atoms with E-state index in [4.69, 9.17) is 27.9 Å². The van der Waals surface area contributed by atoms with E-state index < -0.39 is 6.04 Å². The molecule has 37 heavy (non-hydrogen) atoms. The number of hydrogen-bond acceptors (Lipinski definition) is 3. The molecule has 0 saturated heterocycles. The van der Waals surface area contributed by atoms with Crippen LogP contribution in [0.15, 0.2) is 66.7 Å². The molecule has 0 spiro atoms. The number of unbranched alkanes of at least 4 members (excludes halogenated alkanes) is 1. The first-order valence-electron chi connectivity index (χ1n) is 12.5. The molecule has 3 aromatic carbocycles. The van der Waals surface area contributed by atoms with Gasteiger partial charge in [0.1, 0.15) is 11.8 Å². The van der Waals surface area contributed by atoms with Gasteiger partial charge in [0.25, 0.3) is 5.91 Å². The minimum absolute atomic E-state index is 0.0756. The highest BCUT2D eigenvalue weighted by atomic mass is 35.5. The number of benzene rings is 3. The molecule has 0 heterocycles. The van der Waals surface area contributed by atoms with Crippen molar-refractivity contribution in [3.05, 3.63) is 99.0 Å². The normalized spacial score (nSPS) is 11.6. The zero-order chi connectivity index (χ0) is 26.8. The lowest BCUT2D eigenvalue weighted by Gasteiger charge is -2.32. The topological polar surface area (TPSA) is 58.6 Å². The van der Waals surface area contributed by atoms with Crippen LogP contribution in [-0.2, 0) is 22.6 Å². The Morgan fingerprint density at radius 3 is 2.30 bits per heavy atom. The van der Waals surface area contributed by atoms with E-state index in [9.17, 15) is 9.59 Å². The lowest BCUT2D eigenvalue weighted by atomic mass is 10.0. The van der Waals surface area contributed by atoms with Gasteiger partial charge in [-0.05, 0) is 55.2 Å². The number of hydrogen-bond donors (Lipinski definition) is 1. The summed E-state index contributed by atoms with van der Waals surface area (Å²) in [6.07, 6.45) is 2.14. The molecule has 2 amide bonds. The van der Waals surface area contributed by atoms with Crippen LogP contribution in [0.5, 0.6) is 5.75 Å². The van der Waals surface area contributed by atoms with Crippen molar-refractivity contribution in [3.63, 3.8) is 0 Å². The molecule has 0 unspecified atom stereocenters. The van der Waals surface area contributed by atoms with Crippen LogP contribution in [-0.4, -0.2) is 35.9 Å². The third kappa shape index (κ3) is 7.98. The van der Waals surface area contributed by atoms with Gasteiger partial charge in [-0.15, -0.1) is 0 Å². The monoisotopic (exact) mass is 540 g/mol. The number of amides is 2. The van der Waals surface area contributed by atoms with E-state index in [2.05, 4.69) is 12.2 Å². The summed E-state index contributed by atoms with van der Waals surface area (Å²) in [6, 6.07) is 19.8. The van der Waals surface area contributed by atoms with Crippen molar-refractivity contribution in [2.75, 3.05) is 13.2 Å². The van der Waals surface area contributed by atoms with Gasteiger partial charge in [0.2, 0.25) is 5.91 Å². The van der Waals surface area contributed by atoms with Crippen molar-refractivity contribution in [3.8, 4) is 5.75 Å². The maximum Gasteiger partial charge on any atom is 0.261 e. The first kappa shape index (κ1) is 28.5. The van der Waals surface area contributed by atoms with E-state index in [0.29, 0.717) is 34.3 Å². The standard InChI is InChI=1S/C30H34Cl2N2O3/c1-4-5-17-33-30(36)27(18-23-12-7-6-8-13-23)34(19-24-25(31)14-10-15-26(24)32)29(35)20-37-28-16-9-11-21(2)22(28)3/h6-16,27H,4-5,17-20H2,1-3H3,(H,33,36)/t27-/m1/s1. The lowest BCUT2D eigenvalue weighted by Crippen LogP contribution is -2.52. The molecule has 196 valence electrons. The van der Waals surface area contributed by atoms with Gasteiger partial charge in [-0.1, -0.05) is 85.1 Å². The lowest BCUT2D eigenvalue weighted by molar-refractivity contribution is -0.142. The second-order valence-electron chi connectivity index (χ2n) is 9.06. The molecule has 0 aliphatic carbocycles. The highest BCUT2D eigenvalue weighted by Crippen LogP contribution is 2.28. The summed E-state index contributed by atoms with van der Waals surface area (Å²) in [6.45, 7) is 6.40. The van der Waals surface area contributed by atoms with Gasteiger partial charge in [-0.25, -0.2) is 0 Å². The summed E-state index contributed by atoms with van der Waals surface area (Å²) in [4.78, 5) is 28.8. The Bertz CT molecular complexity index is 1180. The first-order chi connectivity index (χ1) is 17.8. The predicted octanol–water partition coefficient (Wildman–Crippen LogP) is 6.55. The van der Waals surface area contributed by atoms with Crippen LogP contribution in [0.1, 0.15) is 42.0 Å². The summed E-state index contributed by atoms with van der Waals surface area (Å²) in [5, 5.41) is 3.88. The van der Waals surface area contributed by atoms with Crippen molar-refractivity contribution >= 4 is 35.0 Å². The van der Waals surface area contributed by atoms with E-state index in [1.165, 1.54) is 4.90 Å². The Morgan fingerprint density at radius 1 is 0.946 bits per heavy atom. The van der Waals surface area contributed by atoms with Gasteiger partial charge in [-0.2, -0.15) is 0 Å². The minimum atomic E-state index is -0.777. The second-order valence-corrected chi connectivity index (χ2v) is 9.87. The summed E-state index contributed by atoms with van der Waals surface area (Å²) in [7, 11) is 0. The van der Waals surface area contributed by atoms with E-state index in [-0.39, 0.29) is 25.0 Å². The SMILES string of the molecule is CCCCNC(=O)[C@@H](Cc1ccccc1)N(Cc1c(Cl)cccc1Cl)C(=O)COc1cccc(C)c1C. The van der Waals surface area contributed by atoms with Gasteiger partial charge < -0.3 is 15.0 Å². The highest BCUT2D eigenvalue weighted by molar-refractivity contribution is 6.36. The molecule has 7 heteroatoms. The molecule has 3 rings (SSSR count). The Morgan fingerprint density at radius 2 is 1.62 bits per heavy atom. The molecule has 0 aliphatic rings. The highest BCUT2D eigenvalue weighted by Gasteiger charge is 2.31. The van der Waals surface area contributed by atoms with Crippen LogP contribution in [0.25, 0.3) is 0 Å². The number of rotatable bonds is 12. The Labute approximate surface area is 229 Å². The van der Waals surface area contributed by atoms with Crippen molar-refractivity contribution < 1.29 is 14.3 Å². The van der Waals surface area contributed by atoms with E-state index >= 15 is 0 Å². The van der Waals surface area contributed by atoms with Crippen LogP contribution in [0.2, 0.25) is 10.0 Å². The number of carbonyl (C=O) groups excluding carboxylic acids is 2. The van der Waals surface area contributed by atoms with Crippen LogP contribution in [0.3, 0.4) is 0 Å². The molecule has 0 fully saturated rings. The largest absolute Gasteiger partial charge is 0.483 e. The van der Waals surface area contributed by atoms with Gasteiger partial charge in [0, 0.05) is 35.1 Å². The molecule has 0 radical (unpaired) electrons. The average molecular weight is 542 g/mol. The average Bonchev–Trinajstić information content (AvgIpc) is 2.89. The molecular weight excluding hydrogens is 507 g/mol. The fourth-order valence-electron chi connectivity index (χ4n) is 4.02. The smallest absolute Gasteiger partial charge is 0.261 e. The molecule has 1 N–H and O–H groups in total. The number of aryl methyl sites for hydroxylation is 1. The zero-order valence-corrected chi connectivity index (χ0v) is 23.1. The van der Waals surface area contributed by atoms with Crippen molar-refractivity contribution in [2.45, 2.75) is 52.6 Å². The summed E-state index contributed by atoms with van der Waals surface area (Å²) in [5.74, 6) is 0.0834. The van der Waals surface area contributed by atoms with Crippen molar-refractivity contribution in [1.82, 2.24) is 10.2 Å². The third-order valence-electron chi connectivity index (χ3n) is 6.40. The summed E-state index contributed by atoms with van der Waals surface area (Å²) >= 11 is 13.0. The molecule has 0 aromatic heterocycles. The Kier molecular flexibility index (Phi) is 10.8. The number of nitrogens with one attached hydrogen (secondary N) is 1. The van der Waals surface area contributed by atoms with Gasteiger partial charge >= 0.3 is 0 Å². The summed E-state index contributed by atoms with van der Waals surface area (Å²) < 4.78 is 5.95. The van der Waals surface area contributed by atoms with E-state index in [1.807, 2.05) is 62.4 Å². The fourth-order valence-corrected chi connectivity index (χ4v) is 4.53. The molecule has 0 aliphatic heterocycles. The van der Waals surface area contributed by atoms with Crippen LogP contribution in [0.4, 0.5) is 0 Å². The molecule has 0 bridgehead atoms. The van der Waals surface area contributed by atoms with Gasteiger partial charge in [-0.3, -0.25) is 9.59 Å². The number of carbonyl (C=O) groups is 2. The minimum Gasteiger partial charge on any atom is -0.483 e. The molecule has 3 aromatic rings. The quantitative estimate of drug-likeness (QED) is 0.265. The molecule has 5 nitrogen and oxygen atoms in total. The maximum absolute atomic E-state index is 13.7. The molecular formula is C30H34Cl2N2O3. The summed E-state index contributed by atoms with van der Waals surface area (Å²) in [5.41, 5.74) is 3.57. The van der Waals surface area contributed by atoms with Crippen LogP contribution >= 0.6 is 23.2 Å². The second kappa shape index (κ2) is 14.1. The van der Waals surface area contributed by atoms with Crippen molar-refractivity contribution in [2.24, 2.45) is 0 Å². The first-order valence-corrected chi connectivity index (χ1v) is 13.3. The van der Waals surface area contributed by atoms with E-state index in [1.54, 1.807) is 18.2 Å². The van der Waals surface area contributed by atoms with Gasteiger partial charge in [0.05, 0.1) is 0 Å².